The summed E-state index contributed by atoms with van der Waals surface area (Å²) in [7, 11) is 0. The molecule has 0 unspecified atom stereocenters. The number of aromatic nitrogens is 2. The van der Waals surface area contributed by atoms with Crippen LogP contribution in [-0.4, -0.2) is 15.4 Å². The van der Waals surface area contributed by atoms with Gasteiger partial charge in [0, 0.05) is 5.56 Å². The van der Waals surface area contributed by atoms with Crippen LogP contribution in [-0.2, 0) is 0 Å². The maximum Gasteiger partial charge on any atom is 0.278 e. The van der Waals surface area contributed by atoms with Crippen molar-refractivity contribution >= 4 is 11.8 Å². The van der Waals surface area contributed by atoms with E-state index in [1.165, 1.54) is 22.9 Å². The fourth-order valence-corrected chi connectivity index (χ4v) is 2.00. The molecule has 1 aromatic heterocycles. The monoisotopic (exact) mass is 259 g/mol. The Bertz CT molecular complexity index is 601. The highest BCUT2D eigenvalue weighted by Crippen LogP contribution is 2.26. The summed E-state index contributed by atoms with van der Waals surface area (Å²) in [5, 5.41) is 16.9. The first-order chi connectivity index (χ1) is 8.60. The van der Waals surface area contributed by atoms with Crippen LogP contribution in [0.25, 0.3) is 11.5 Å². The largest absolute Gasteiger partial charge is 0.411 e. The molecule has 0 spiro atoms. The third-order valence-corrected chi connectivity index (χ3v) is 3.45. The van der Waals surface area contributed by atoms with Crippen molar-refractivity contribution in [1.82, 2.24) is 10.2 Å². The molecule has 4 nitrogen and oxygen atoms in total. The summed E-state index contributed by atoms with van der Waals surface area (Å²) >= 11 is 1.27. The van der Waals surface area contributed by atoms with Crippen molar-refractivity contribution in [2.24, 2.45) is 0 Å². The van der Waals surface area contributed by atoms with Crippen molar-refractivity contribution in [3.8, 4) is 17.5 Å². The van der Waals surface area contributed by atoms with E-state index in [1.54, 1.807) is 6.92 Å². The molecular weight excluding hydrogens is 246 g/mol. The van der Waals surface area contributed by atoms with Gasteiger partial charge in [0.25, 0.3) is 5.22 Å². The lowest BCUT2D eigenvalue weighted by Crippen LogP contribution is -1.88. The molecule has 0 saturated heterocycles. The smallest absolute Gasteiger partial charge is 0.278 e. The Kier molecular flexibility index (Phi) is 3.68. The van der Waals surface area contributed by atoms with Crippen molar-refractivity contribution in [3.05, 3.63) is 29.3 Å². The molecule has 0 saturated carbocycles. The first-order valence-electron chi connectivity index (χ1n) is 5.57. The Hall–Kier alpha value is -1.80. The molecule has 18 heavy (non-hydrogen) atoms. The van der Waals surface area contributed by atoms with Gasteiger partial charge in [0.2, 0.25) is 5.89 Å². The number of hydrogen-bond donors (Lipinski definition) is 0. The first-order valence-corrected chi connectivity index (χ1v) is 6.45. The molecule has 0 aliphatic carbocycles. The van der Waals surface area contributed by atoms with Crippen molar-refractivity contribution in [3.63, 3.8) is 0 Å². The Morgan fingerprint density at radius 1 is 1.28 bits per heavy atom. The third kappa shape index (κ3) is 2.71. The molecule has 0 aliphatic rings. The summed E-state index contributed by atoms with van der Waals surface area (Å²) in [6.45, 7) is 5.90. The van der Waals surface area contributed by atoms with Crippen molar-refractivity contribution in [1.29, 1.82) is 5.26 Å². The third-order valence-electron chi connectivity index (χ3n) is 2.62. The second kappa shape index (κ2) is 5.23. The van der Waals surface area contributed by atoms with E-state index in [-0.39, 0.29) is 5.25 Å². The maximum atomic E-state index is 8.73. The molecule has 2 aromatic rings. The van der Waals surface area contributed by atoms with Crippen LogP contribution >= 0.6 is 11.8 Å². The molecule has 0 aliphatic heterocycles. The molecule has 1 atom stereocenters. The molecule has 0 amide bonds. The molecule has 92 valence electrons. The van der Waals surface area contributed by atoms with Gasteiger partial charge in [0.05, 0.1) is 11.3 Å². The summed E-state index contributed by atoms with van der Waals surface area (Å²) in [5.74, 6) is 0.491. The van der Waals surface area contributed by atoms with Gasteiger partial charge in [-0.05, 0) is 55.8 Å². The fourth-order valence-electron chi connectivity index (χ4n) is 1.43. The topological polar surface area (TPSA) is 62.7 Å². The molecule has 0 N–H and O–H groups in total. The lowest BCUT2D eigenvalue weighted by atomic mass is 10.1. The van der Waals surface area contributed by atoms with Gasteiger partial charge < -0.3 is 4.42 Å². The quantitative estimate of drug-likeness (QED) is 0.791. The van der Waals surface area contributed by atoms with Gasteiger partial charge in [-0.15, -0.1) is 10.2 Å². The van der Waals surface area contributed by atoms with Crippen LogP contribution in [0, 0.1) is 25.2 Å². The minimum atomic E-state index is -0.196. The molecule has 0 bridgehead atoms. The minimum absolute atomic E-state index is 0.196. The second-order valence-electron chi connectivity index (χ2n) is 4.06. The van der Waals surface area contributed by atoms with Gasteiger partial charge in [-0.3, -0.25) is 0 Å². The molecule has 2 rings (SSSR count). The highest BCUT2D eigenvalue weighted by molar-refractivity contribution is 7.99. The fraction of sp³-hybridized carbons (Fsp3) is 0.308. The average molecular weight is 259 g/mol. The van der Waals surface area contributed by atoms with Crippen LogP contribution in [0.2, 0.25) is 0 Å². The van der Waals surface area contributed by atoms with E-state index in [0.717, 1.165) is 5.56 Å². The SMILES string of the molecule is Cc1ccc(-c2nnc(S[C@@H](C)C#N)o2)cc1C. The van der Waals surface area contributed by atoms with E-state index < -0.39 is 0 Å². The summed E-state index contributed by atoms with van der Waals surface area (Å²) in [6.07, 6.45) is 0. The first kappa shape index (κ1) is 12.7. The van der Waals surface area contributed by atoms with Gasteiger partial charge in [0.15, 0.2) is 0 Å². The molecule has 1 heterocycles. The van der Waals surface area contributed by atoms with E-state index in [9.17, 15) is 0 Å². The maximum absolute atomic E-state index is 8.73. The molecule has 1 aromatic carbocycles. The van der Waals surface area contributed by atoms with Gasteiger partial charge in [-0.1, -0.05) is 6.07 Å². The minimum Gasteiger partial charge on any atom is -0.411 e. The van der Waals surface area contributed by atoms with Crippen molar-refractivity contribution in [2.45, 2.75) is 31.2 Å². The highest BCUT2D eigenvalue weighted by Gasteiger charge is 2.12. The van der Waals surface area contributed by atoms with E-state index in [1.807, 2.05) is 25.1 Å². The van der Waals surface area contributed by atoms with E-state index >= 15 is 0 Å². The predicted octanol–water partition coefficient (Wildman–Crippen LogP) is 3.36. The number of thioether (sulfide) groups is 1. The standard InChI is InChI=1S/C13H13N3OS/c1-8-4-5-11(6-9(8)2)12-15-16-13(17-12)18-10(3)7-14/h4-6,10H,1-3H3/t10-/m0/s1. The van der Waals surface area contributed by atoms with Crippen LogP contribution in [0.4, 0.5) is 0 Å². The zero-order valence-corrected chi connectivity index (χ0v) is 11.3. The zero-order valence-electron chi connectivity index (χ0n) is 10.5. The van der Waals surface area contributed by atoms with Gasteiger partial charge in [-0.25, -0.2) is 0 Å². The summed E-state index contributed by atoms with van der Waals surface area (Å²) < 4.78 is 5.53. The number of aryl methyl sites for hydroxylation is 2. The number of nitriles is 1. The van der Waals surface area contributed by atoms with Gasteiger partial charge in [0.1, 0.15) is 0 Å². The summed E-state index contributed by atoms with van der Waals surface area (Å²) in [6, 6.07) is 8.12. The van der Waals surface area contributed by atoms with Gasteiger partial charge >= 0.3 is 0 Å². The molecule has 5 heteroatoms. The van der Waals surface area contributed by atoms with Crippen LogP contribution in [0.5, 0.6) is 0 Å². The average Bonchev–Trinajstić information content (AvgIpc) is 2.81. The molecule has 0 fully saturated rings. The summed E-state index contributed by atoms with van der Waals surface area (Å²) in [5.41, 5.74) is 3.32. The lowest BCUT2D eigenvalue weighted by molar-refractivity contribution is 0.465. The van der Waals surface area contributed by atoms with Crippen LogP contribution < -0.4 is 0 Å². The van der Waals surface area contributed by atoms with E-state index in [0.29, 0.717) is 11.1 Å². The normalized spacial score (nSPS) is 12.1. The Balaban J connectivity index is 2.24. The van der Waals surface area contributed by atoms with Crippen LogP contribution in [0.1, 0.15) is 18.1 Å². The highest BCUT2D eigenvalue weighted by atomic mass is 32.2. The van der Waals surface area contributed by atoms with Crippen molar-refractivity contribution < 1.29 is 4.42 Å². The predicted molar refractivity (Wildman–Crippen MR) is 70.1 cm³/mol. The van der Waals surface area contributed by atoms with Crippen LogP contribution in [0.15, 0.2) is 27.8 Å². The Morgan fingerprint density at radius 3 is 2.72 bits per heavy atom. The van der Waals surface area contributed by atoms with Gasteiger partial charge in [-0.2, -0.15) is 5.26 Å². The van der Waals surface area contributed by atoms with E-state index in [2.05, 4.69) is 23.2 Å². The van der Waals surface area contributed by atoms with E-state index in [4.69, 9.17) is 9.68 Å². The summed E-state index contributed by atoms with van der Waals surface area (Å²) in [4.78, 5) is 0. The number of nitrogens with zero attached hydrogens (tertiary/aromatic N) is 3. The zero-order chi connectivity index (χ0) is 13.1. The number of benzene rings is 1. The van der Waals surface area contributed by atoms with Crippen LogP contribution in [0.3, 0.4) is 0 Å². The number of rotatable bonds is 3. The van der Waals surface area contributed by atoms with Crippen molar-refractivity contribution in [2.75, 3.05) is 0 Å². The molecular formula is C13H13N3OS. The lowest BCUT2D eigenvalue weighted by Gasteiger charge is -2.01. The second-order valence-corrected chi connectivity index (χ2v) is 5.35. The Labute approximate surface area is 110 Å². The molecule has 0 radical (unpaired) electrons. The Morgan fingerprint density at radius 2 is 2.06 bits per heavy atom. The number of hydrogen-bond acceptors (Lipinski definition) is 5.